The minimum atomic E-state index is -0.0544. The van der Waals surface area contributed by atoms with Crippen molar-refractivity contribution < 1.29 is 9.84 Å². The van der Waals surface area contributed by atoms with Gasteiger partial charge in [-0.05, 0) is 104 Å². The Kier molecular flexibility index (Phi) is 4.13. The van der Waals surface area contributed by atoms with Gasteiger partial charge in [0.1, 0.15) is 0 Å². The van der Waals surface area contributed by atoms with Gasteiger partial charge >= 0.3 is 0 Å². The summed E-state index contributed by atoms with van der Waals surface area (Å²) >= 11 is 0. The smallest absolute Gasteiger partial charge is 0.183 e. The van der Waals surface area contributed by atoms with Crippen molar-refractivity contribution in [1.82, 2.24) is 0 Å². The molecule has 0 saturated heterocycles. The third kappa shape index (κ3) is 2.60. The number of aromatic nitrogens is 1. The first-order chi connectivity index (χ1) is 12.9. The number of pyridine rings is 1. The third-order valence-electron chi connectivity index (χ3n) is 9.84. The molecule has 0 radical (unpaired) electrons. The van der Waals surface area contributed by atoms with E-state index in [0.717, 1.165) is 41.2 Å². The number of aliphatic hydroxyl groups is 1. The molecule has 27 heavy (non-hydrogen) atoms. The molecule has 4 aliphatic rings. The molecule has 4 fully saturated rings. The maximum absolute atomic E-state index is 11.9. The third-order valence-corrected chi connectivity index (χ3v) is 9.84. The van der Waals surface area contributed by atoms with E-state index in [4.69, 9.17) is 0 Å². The summed E-state index contributed by atoms with van der Waals surface area (Å²) in [6, 6.07) is 4.10. The van der Waals surface area contributed by atoms with Crippen LogP contribution in [0.3, 0.4) is 0 Å². The maximum atomic E-state index is 11.9. The van der Waals surface area contributed by atoms with Gasteiger partial charge in [0.05, 0.1) is 6.10 Å². The van der Waals surface area contributed by atoms with Gasteiger partial charge in [-0.15, -0.1) is 0 Å². The van der Waals surface area contributed by atoms with E-state index in [0.29, 0.717) is 16.7 Å². The standard InChI is InChI=1S/C24H35NO2/c1-23-11-9-18(26)14-17(23)5-6-19-21-8-7-20(16-4-3-13-25(27)15-16)24(21,2)12-10-22(19)23/h3-4,13,15,17-22,26H,5-12,14H2,1-2H3/t17?,18-,19-,20?,21-,22-,23-,24+/m0/s1. The molecule has 1 heterocycles. The molecular weight excluding hydrogens is 334 g/mol. The minimum Gasteiger partial charge on any atom is -0.619 e. The molecule has 8 atom stereocenters. The predicted molar refractivity (Wildman–Crippen MR) is 106 cm³/mol. The van der Waals surface area contributed by atoms with Crippen LogP contribution >= 0.6 is 0 Å². The Labute approximate surface area is 163 Å². The number of hydrogen-bond acceptors (Lipinski definition) is 2. The zero-order valence-corrected chi connectivity index (χ0v) is 16.9. The monoisotopic (exact) mass is 369 g/mol. The molecule has 0 bridgehead atoms. The molecule has 1 aromatic heterocycles. The minimum absolute atomic E-state index is 0.0544. The van der Waals surface area contributed by atoms with Crippen LogP contribution in [0.15, 0.2) is 24.5 Å². The van der Waals surface area contributed by atoms with Crippen molar-refractivity contribution in [3.05, 3.63) is 35.3 Å². The van der Waals surface area contributed by atoms with Gasteiger partial charge in [0.15, 0.2) is 12.4 Å². The fraction of sp³-hybridized carbons (Fsp3) is 0.792. The fourth-order valence-electron chi connectivity index (χ4n) is 8.46. The molecule has 1 N–H and O–H groups in total. The van der Waals surface area contributed by atoms with Crippen LogP contribution in [0, 0.1) is 39.7 Å². The molecule has 0 spiro atoms. The second kappa shape index (κ2) is 6.20. The lowest BCUT2D eigenvalue weighted by Gasteiger charge is -2.61. The molecule has 0 aromatic carbocycles. The van der Waals surface area contributed by atoms with Crippen molar-refractivity contribution in [3.8, 4) is 0 Å². The predicted octanol–water partition coefficient (Wildman–Crippen LogP) is 4.81. The Morgan fingerprint density at radius 2 is 1.78 bits per heavy atom. The highest BCUT2D eigenvalue weighted by Gasteiger charge is 2.60. The molecule has 4 aliphatic carbocycles. The Hall–Kier alpha value is -1.09. The average molecular weight is 370 g/mol. The molecule has 0 amide bonds. The summed E-state index contributed by atoms with van der Waals surface area (Å²) in [6.45, 7) is 5.10. The summed E-state index contributed by atoms with van der Waals surface area (Å²) in [6.07, 6.45) is 14.6. The van der Waals surface area contributed by atoms with Crippen molar-refractivity contribution in [2.75, 3.05) is 0 Å². The van der Waals surface area contributed by atoms with E-state index in [1.807, 2.05) is 12.3 Å². The lowest BCUT2D eigenvalue weighted by molar-refractivity contribution is -0.606. The Balaban J connectivity index is 1.43. The normalized spacial score (nSPS) is 49.1. The molecule has 4 saturated carbocycles. The van der Waals surface area contributed by atoms with Crippen molar-refractivity contribution >= 4 is 0 Å². The summed E-state index contributed by atoms with van der Waals surface area (Å²) < 4.78 is 0.983. The van der Waals surface area contributed by atoms with Crippen LogP contribution < -0.4 is 4.73 Å². The van der Waals surface area contributed by atoms with Crippen LogP contribution in [-0.4, -0.2) is 11.2 Å². The van der Waals surface area contributed by atoms with E-state index in [9.17, 15) is 10.3 Å². The largest absolute Gasteiger partial charge is 0.619 e. The number of fused-ring (bicyclic) bond motifs is 5. The van der Waals surface area contributed by atoms with Gasteiger partial charge in [-0.2, -0.15) is 4.73 Å². The summed E-state index contributed by atoms with van der Waals surface area (Å²) in [5, 5.41) is 22.1. The fourth-order valence-corrected chi connectivity index (χ4v) is 8.46. The second-order valence-electron chi connectivity index (χ2n) is 10.8. The van der Waals surface area contributed by atoms with Crippen LogP contribution in [0.5, 0.6) is 0 Å². The molecule has 3 heteroatoms. The van der Waals surface area contributed by atoms with Gasteiger partial charge in [0, 0.05) is 11.6 Å². The first kappa shape index (κ1) is 18.0. The van der Waals surface area contributed by atoms with Gasteiger partial charge in [-0.25, -0.2) is 0 Å². The van der Waals surface area contributed by atoms with Crippen LogP contribution in [0.25, 0.3) is 0 Å². The van der Waals surface area contributed by atoms with E-state index >= 15 is 0 Å². The summed E-state index contributed by atoms with van der Waals surface area (Å²) in [5.41, 5.74) is 2.07. The van der Waals surface area contributed by atoms with Gasteiger partial charge in [0.2, 0.25) is 0 Å². The lowest BCUT2D eigenvalue weighted by Crippen LogP contribution is -2.53. The van der Waals surface area contributed by atoms with Crippen LogP contribution in [0.1, 0.15) is 83.1 Å². The van der Waals surface area contributed by atoms with E-state index in [1.54, 1.807) is 6.20 Å². The molecule has 5 rings (SSSR count). The van der Waals surface area contributed by atoms with E-state index in [-0.39, 0.29) is 6.10 Å². The molecular formula is C24H35NO2. The van der Waals surface area contributed by atoms with Crippen molar-refractivity contribution in [1.29, 1.82) is 0 Å². The molecule has 0 aliphatic heterocycles. The van der Waals surface area contributed by atoms with Gasteiger partial charge in [0.25, 0.3) is 0 Å². The van der Waals surface area contributed by atoms with Gasteiger partial charge in [-0.1, -0.05) is 13.8 Å². The summed E-state index contributed by atoms with van der Waals surface area (Å²) in [5.74, 6) is 3.79. The van der Waals surface area contributed by atoms with Crippen LogP contribution in [0.2, 0.25) is 0 Å². The topological polar surface area (TPSA) is 47.2 Å². The molecule has 1 aromatic rings. The second-order valence-corrected chi connectivity index (χ2v) is 10.8. The number of nitrogens with zero attached hydrogens (tertiary/aromatic N) is 1. The average Bonchev–Trinajstić information content (AvgIpc) is 2.99. The van der Waals surface area contributed by atoms with E-state index in [1.165, 1.54) is 50.5 Å². The SMILES string of the molecule is C[C@]12CC[C@H](O)CC1CC[C@@H]1[C@@H]2CC[C@]2(C)C(c3ccc[n+]([O-])c3)CC[C@@H]12. The first-order valence-electron chi connectivity index (χ1n) is 11.3. The zero-order valence-electron chi connectivity index (χ0n) is 16.9. The lowest BCUT2D eigenvalue weighted by atomic mass is 9.44. The highest BCUT2D eigenvalue weighted by Crippen LogP contribution is 2.68. The summed E-state index contributed by atoms with van der Waals surface area (Å²) in [7, 11) is 0. The highest BCUT2D eigenvalue weighted by molar-refractivity contribution is 5.22. The maximum Gasteiger partial charge on any atom is 0.183 e. The highest BCUT2D eigenvalue weighted by atomic mass is 16.5. The van der Waals surface area contributed by atoms with Crippen molar-refractivity contribution in [2.24, 2.45) is 34.5 Å². The van der Waals surface area contributed by atoms with Crippen LogP contribution in [0.4, 0.5) is 0 Å². The Morgan fingerprint density at radius 1 is 1.00 bits per heavy atom. The van der Waals surface area contributed by atoms with E-state index < -0.39 is 0 Å². The number of hydrogen-bond donors (Lipinski definition) is 1. The summed E-state index contributed by atoms with van der Waals surface area (Å²) in [4.78, 5) is 0. The Morgan fingerprint density at radius 3 is 2.59 bits per heavy atom. The zero-order chi connectivity index (χ0) is 18.8. The molecule has 148 valence electrons. The number of rotatable bonds is 1. The van der Waals surface area contributed by atoms with Gasteiger partial charge in [-0.3, -0.25) is 0 Å². The van der Waals surface area contributed by atoms with Crippen molar-refractivity contribution in [2.45, 2.75) is 83.7 Å². The van der Waals surface area contributed by atoms with Crippen molar-refractivity contribution in [3.63, 3.8) is 0 Å². The Bertz CT molecular complexity index is 720. The van der Waals surface area contributed by atoms with Gasteiger partial charge < -0.3 is 10.3 Å². The molecule has 2 unspecified atom stereocenters. The van der Waals surface area contributed by atoms with E-state index in [2.05, 4.69) is 19.9 Å². The first-order valence-corrected chi connectivity index (χ1v) is 11.3. The molecule has 3 nitrogen and oxygen atoms in total. The number of aliphatic hydroxyl groups excluding tert-OH is 1. The quantitative estimate of drug-likeness (QED) is 0.570. The van der Waals surface area contributed by atoms with Crippen LogP contribution in [-0.2, 0) is 0 Å².